The van der Waals surface area contributed by atoms with Gasteiger partial charge in [0.25, 0.3) is 0 Å². The van der Waals surface area contributed by atoms with Gasteiger partial charge >= 0.3 is 121 Å². The first kappa shape index (κ1) is 34.0. The monoisotopic (exact) mass is 551 g/mol. The zero-order valence-electron chi connectivity index (χ0n) is 19.9. The predicted octanol–water partition coefficient (Wildman–Crippen LogP) is 2.32. The van der Waals surface area contributed by atoms with E-state index in [0.717, 1.165) is 0 Å². The maximum atomic E-state index is 2.30. The van der Waals surface area contributed by atoms with Crippen molar-refractivity contribution in [2.75, 3.05) is 19.0 Å². The third-order valence-corrected chi connectivity index (χ3v) is 9.05. The van der Waals surface area contributed by atoms with Crippen molar-refractivity contribution < 1.29 is 24.8 Å². The Balaban J connectivity index is -0.000000484. The fourth-order valence-corrected chi connectivity index (χ4v) is 6.82. The minimum absolute atomic E-state index is 0. The summed E-state index contributed by atoms with van der Waals surface area (Å²) in [5, 5.41) is 0. The molecule has 0 aliphatic carbocycles. The summed E-state index contributed by atoms with van der Waals surface area (Å²) in [5.74, 6) is 0. The minimum atomic E-state index is 0. The Bertz CT molecular complexity index is 413. The Morgan fingerprint density at radius 2 is 1.07 bits per heavy atom. The molecule has 4 heteroatoms. The van der Waals surface area contributed by atoms with Crippen molar-refractivity contribution in [1.29, 1.82) is 0 Å². The molecule has 0 bridgehead atoms. The van der Waals surface area contributed by atoms with Crippen LogP contribution >= 0.6 is 0 Å². The number of halogens is 2. The molecule has 0 fully saturated rings. The van der Waals surface area contributed by atoms with E-state index in [2.05, 4.69) is 64.0 Å². The van der Waals surface area contributed by atoms with Gasteiger partial charge in [0.05, 0.1) is 0 Å². The fraction of sp³-hybridized carbons (Fsp3) is 0.760. The van der Waals surface area contributed by atoms with Crippen LogP contribution in [0.5, 0.6) is 0 Å². The molecule has 0 heterocycles. The van der Waals surface area contributed by atoms with Gasteiger partial charge in [0.15, 0.2) is 0 Å². The standard InChI is InChI=1S/C9H13N.2C8H17.2ClH.Sn/c1-8-6-4-5-7-9(8)10(2)3;2*1-3-5-7-8-6-4-2;;;/h4-7H,1-3H3;2*1,3-8H2,2H3;2*1H;/q;;;;;+2/p-2. The number of anilines is 1. The van der Waals surface area contributed by atoms with Crippen molar-refractivity contribution in [3.8, 4) is 0 Å². The predicted molar refractivity (Wildman–Crippen MR) is 128 cm³/mol. The second kappa shape index (κ2) is 26.4. The molecule has 1 aromatic rings. The van der Waals surface area contributed by atoms with Crippen LogP contribution in [0.25, 0.3) is 0 Å². The van der Waals surface area contributed by atoms with Crippen LogP contribution in [0.2, 0.25) is 8.87 Å². The smallest absolute Gasteiger partial charge is 0.0390 e. The van der Waals surface area contributed by atoms with Crippen molar-refractivity contribution >= 4 is 26.8 Å². The van der Waals surface area contributed by atoms with Gasteiger partial charge in [-0.2, -0.15) is 0 Å². The summed E-state index contributed by atoms with van der Waals surface area (Å²) in [5.41, 5.74) is 2.62. The number of unbranched alkanes of at least 4 members (excludes halogenated alkanes) is 10. The minimum Gasteiger partial charge on any atom is -1.00 e. The summed E-state index contributed by atoms with van der Waals surface area (Å²) < 4.78 is 3.31. The number of benzene rings is 1. The normalized spacial score (nSPS) is 9.41. The zero-order valence-corrected chi connectivity index (χ0v) is 24.3. The molecule has 1 aromatic carbocycles. The van der Waals surface area contributed by atoms with Crippen LogP contribution in [0.1, 0.15) is 96.5 Å². The van der Waals surface area contributed by atoms with Crippen LogP contribution in [0.4, 0.5) is 5.69 Å². The fourth-order valence-electron chi connectivity index (χ4n) is 3.25. The molecule has 0 aliphatic heterocycles. The summed E-state index contributed by atoms with van der Waals surface area (Å²) in [6.45, 7) is 6.72. The van der Waals surface area contributed by atoms with E-state index in [9.17, 15) is 0 Å². The molecule has 0 saturated carbocycles. The molecule has 0 spiro atoms. The molecule has 0 aromatic heterocycles. The Kier molecular flexibility index (Phi) is 31.0. The van der Waals surface area contributed by atoms with Gasteiger partial charge in [-0.25, -0.2) is 0 Å². The molecule has 29 heavy (non-hydrogen) atoms. The van der Waals surface area contributed by atoms with Crippen LogP contribution in [-0.4, -0.2) is 35.2 Å². The van der Waals surface area contributed by atoms with E-state index in [1.165, 1.54) is 75.5 Å². The maximum Gasteiger partial charge on any atom is 0.0390 e. The third kappa shape index (κ3) is 22.9. The van der Waals surface area contributed by atoms with Gasteiger partial charge in [-0.05, 0) is 18.6 Å². The quantitative estimate of drug-likeness (QED) is 0.239. The molecule has 170 valence electrons. The first-order valence-corrected chi connectivity index (χ1v) is 15.6. The van der Waals surface area contributed by atoms with Crippen LogP contribution in [-0.2, 0) is 0 Å². The van der Waals surface area contributed by atoms with Gasteiger partial charge in [0.1, 0.15) is 0 Å². The van der Waals surface area contributed by atoms with Crippen molar-refractivity contribution in [2.45, 2.75) is 107 Å². The summed E-state index contributed by atoms with van der Waals surface area (Å²) in [6, 6.07) is 8.36. The van der Waals surface area contributed by atoms with Crippen LogP contribution < -0.4 is 29.7 Å². The number of rotatable bonds is 15. The Hall–Kier alpha value is 0.399. The van der Waals surface area contributed by atoms with E-state index >= 15 is 0 Å². The van der Waals surface area contributed by atoms with Crippen molar-refractivity contribution in [3.63, 3.8) is 0 Å². The molecular weight excluding hydrogens is 504 g/mol. The molecule has 0 aliphatic rings. The molecule has 0 radical (unpaired) electrons. The number of para-hydroxylation sites is 1. The largest absolute Gasteiger partial charge is 1.00 e. The number of hydrogen-bond donors (Lipinski definition) is 0. The molecule has 1 nitrogen and oxygen atoms in total. The van der Waals surface area contributed by atoms with Crippen LogP contribution in [0.3, 0.4) is 0 Å². The second-order valence-electron chi connectivity index (χ2n) is 7.97. The van der Waals surface area contributed by atoms with Gasteiger partial charge in [-0.15, -0.1) is 0 Å². The van der Waals surface area contributed by atoms with E-state index in [4.69, 9.17) is 0 Å². The van der Waals surface area contributed by atoms with Gasteiger partial charge in [-0.1, -0.05) is 18.2 Å². The molecule has 0 saturated heterocycles. The molecule has 0 unspecified atom stereocenters. The average molecular weight is 551 g/mol. The summed E-state index contributed by atoms with van der Waals surface area (Å²) >= 11 is 0.0736. The molecular formula is C25H47Cl2NSn. The van der Waals surface area contributed by atoms with Crippen molar-refractivity contribution in [2.24, 2.45) is 0 Å². The number of hydrogen-bond acceptors (Lipinski definition) is 1. The summed E-state index contributed by atoms with van der Waals surface area (Å²) in [7, 11) is 4.12. The van der Waals surface area contributed by atoms with E-state index < -0.39 is 0 Å². The molecule has 0 atom stereocenters. The van der Waals surface area contributed by atoms with E-state index in [-0.39, 0.29) is 46.0 Å². The molecule has 1 rings (SSSR count). The third-order valence-electron chi connectivity index (χ3n) is 5.01. The second-order valence-corrected chi connectivity index (χ2v) is 12.2. The topological polar surface area (TPSA) is 3.24 Å². The summed E-state index contributed by atoms with van der Waals surface area (Å²) in [4.78, 5) is 2.12. The Morgan fingerprint density at radius 1 is 0.655 bits per heavy atom. The molecule has 0 amide bonds. The van der Waals surface area contributed by atoms with Gasteiger partial charge < -0.3 is 29.7 Å². The van der Waals surface area contributed by atoms with Crippen LogP contribution in [0.15, 0.2) is 24.3 Å². The van der Waals surface area contributed by atoms with E-state index in [0.29, 0.717) is 0 Å². The first-order valence-electron chi connectivity index (χ1n) is 11.6. The van der Waals surface area contributed by atoms with Crippen molar-refractivity contribution in [1.82, 2.24) is 0 Å². The number of nitrogens with zero attached hydrogens (tertiary/aromatic N) is 1. The van der Waals surface area contributed by atoms with E-state index in [1.54, 1.807) is 21.7 Å². The van der Waals surface area contributed by atoms with Gasteiger partial charge in [0, 0.05) is 19.8 Å². The van der Waals surface area contributed by atoms with Crippen LogP contribution in [0, 0.1) is 6.92 Å². The maximum absolute atomic E-state index is 2.30. The van der Waals surface area contributed by atoms with Gasteiger partial charge in [-0.3, -0.25) is 0 Å². The average Bonchev–Trinajstić information content (AvgIpc) is 2.66. The Labute approximate surface area is 206 Å². The molecule has 0 N–H and O–H groups in total. The van der Waals surface area contributed by atoms with E-state index in [1.807, 2.05) is 0 Å². The zero-order chi connectivity index (χ0) is 20.2. The number of aryl methyl sites for hydroxylation is 1. The van der Waals surface area contributed by atoms with Gasteiger partial charge in [0.2, 0.25) is 0 Å². The SMILES string of the molecule is CCCCCCC[CH2][Sn+2][CH2]CCCCCCC.Cc1ccccc1N(C)C.[Cl-].[Cl-]. The Morgan fingerprint density at radius 3 is 1.45 bits per heavy atom. The van der Waals surface area contributed by atoms with Crippen molar-refractivity contribution in [3.05, 3.63) is 29.8 Å². The first-order chi connectivity index (χ1) is 13.1. The summed E-state index contributed by atoms with van der Waals surface area (Å²) in [6.07, 6.45) is 17.8.